The molecule has 5 nitrogen and oxygen atoms in total. The first-order valence-corrected chi connectivity index (χ1v) is 8.92. The summed E-state index contributed by atoms with van der Waals surface area (Å²) in [5, 5.41) is 2.68. The lowest BCUT2D eigenvalue weighted by molar-refractivity contribution is -0.114. The molecule has 1 aromatic rings. The highest BCUT2D eigenvalue weighted by atomic mass is 32.2. The Morgan fingerprint density at radius 3 is 2.73 bits per heavy atom. The Hall–Kier alpha value is -1.66. The molecule has 2 aliphatic heterocycles. The summed E-state index contributed by atoms with van der Waals surface area (Å²) in [6.45, 7) is 3.19. The van der Waals surface area contributed by atoms with Crippen LogP contribution in [0.2, 0.25) is 0 Å². The van der Waals surface area contributed by atoms with E-state index in [1.165, 1.54) is 6.92 Å². The third-order valence-corrected chi connectivity index (χ3v) is 6.44. The molecule has 1 amide bonds. The summed E-state index contributed by atoms with van der Waals surface area (Å²) < 4.78 is 27.7. The lowest BCUT2D eigenvalue weighted by Crippen LogP contribution is -2.42. The molecule has 3 rings (SSSR count). The smallest absolute Gasteiger partial charge is 0.244 e. The van der Waals surface area contributed by atoms with E-state index in [4.69, 9.17) is 0 Å². The summed E-state index contributed by atoms with van der Waals surface area (Å²) in [7, 11) is -3.50. The van der Waals surface area contributed by atoms with Crippen LogP contribution in [0.15, 0.2) is 35.2 Å². The number of nitrogens with one attached hydrogen (secondary N) is 1. The van der Waals surface area contributed by atoms with Crippen molar-refractivity contribution in [3.8, 4) is 0 Å². The molecule has 2 bridgehead atoms. The van der Waals surface area contributed by atoms with Crippen molar-refractivity contribution in [3.63, 3.8) is 0 Å². The maximum atomic E-state index is 13.0. The van der Waals surface area contributed by atoms with Gasteiger partial charge < -0.3 is 5.32 Å². The number of hydrogen-bond donors (Lipinski definition) is 1. The van der Waals surface area contributed by atoms with Crippen LogP contribution >= 0.6 is 0 Å². The van der Waals surface area contributed by atoms with Gasteiger partial charge in [-0.1, -0.05) is 12.2 Å². The second-order valence-electron chi connectivity index (χ2n) is 5.96. The number of nitrogens with zero attached hydrogens (tertiary/aromatic N) is 1. The quantitative estimate of drug-likeness (QED) is 0.870. The Labute approximate surface area is 131 Å². The minimum absolute atomic E-state index is 0.0156. The van der Waals surface area contributed by atoms with Crippen LogP contribution in [-0.4, -0.2) is 30.7 Å². The SMILES string of the molecule is CC(=O)Nc1ccc(S(=O)(=O)N2C3C=CCC2CC3)c(C)c1. The fraction of sp³-hybridized carbons (Fsp3) is 0.438. The highest BCUT2D eigenvalue weighted by Gasteiger charge is 2.42. The Morgan fingerprint density at radius 2 is 2.09 bits per heavy atom. The average molecular weight is 320 g/mol. The highest BCUT2D eigenvalue weighted by molar-refractivity contribution is 7.89. The topological polar surface area (TPSA) is 66.5 Å². The number of rotatable bonds is 3. The maximum Gasteiger partial charge on any atom is 0.244 e. The number of benzene rings is 1. The normalized spacial score (nSPS) is 24.5. The van der Waals surface area contributed by atoms with Gasteiger partial charge in [0.15, 0.2) is 0 Å². The Bertz CT molecular complexity index is 740. The molecule has 22 heavy (non-hydrogen) atoms. The fourth-order valence-electron chi connectivity index (χ4n) is 3.39. The molecule has 2 unspecified atom stereocenters. The Morgan fingerprint density at radius 1 is 1.32 bits per heavy atom. The van der Waals surface area contributed by atoms with Crippen LogP contribution in [-0.2, 0) is 14.8 Å². The van der Waals surface area contributed by atoms with Gasteiger partial charge in [0.05, 0.1) is 4.90 Å². The second-order valence-corrected chi connectivity index (χ2v) is 7.77. The van der Waals surface area contributed by atoms with Crippen molar-refractivity contribution >= 4 is 21.6 Å². The van der Waals surface area contributed by atoms with Gasteiger partial charge in [0.1, 0.15) is 0 Å². The summed E-state index contributed by atoms with van der Waals surface area (Å²) in [6.07, 6.45) is 6.69. The number of sulfonamides is 1. The lowest BCUT2D eigenvalue weighted by atomic mass is 10.2. The van der Waals surface area contributed by atoms with Gasteiger partial charge in [-0.25, -0.2) is 8.42 Å². The average Bonchev–Trinajstić information content (AvgIpc) is 2.69. The molecule has 2 heterocycles. The largest absolute Gasteiger partial charge is 0.326 e. The minimum atomic E-state index is -3.50. The van der Waals surface area contributed by atoms with Crippen LogP contribution in [0.3, 0.4) is 0 Å². The van der Waals surface area contributed by atoms with E-state index in [1.807, 2.05) is 6.08 Å². The minimum Gasteiger partial charge on any atom is -0.326 e. The highest BCUT2D eigenvalue weighted by Crippen LogP contribution is 2.37. The molecule has 0 radical (unpaired) electrons. The Kier molecular flexibility index (Phi) is 3.82. The molecule has 6 heteroatoms. The summed E-state index contributed by atoms with van der Waals surface area (Å²) in [4.78, 5) is 11.4. The first-order chi connectivity index (χ1) is 10.4. The van der Waals surface area contributed by atoms with Crippen molar-refractivity contribution in [2.45, 2.75) is 50.1 Å². The van der Waals surface area contributed by atoms with Crippen LogP contribution in [0, 0.1) is 6.92 Å². The molecular weight excluding hydrogens is 300 g/mol. The van der Waals surface area contributed by atoms with Gasteiger partial charge in [-0.3, -0.25) is 4.79 Å². The molecule has 0 spiro atoms. The lowest BCUT2D eigenvalue weighted by Gasteiger charge is -2.30. The number of carbonyl (C=O) groups is 1. The molecule has 2 aliphatic rings. The van der Waals surface area contributed by atoms with Gasteiger partial charge >= 0.3 is 0 Å². The van der Waals surface area contributed by atoms with E-state index < -0.39 is 10.0 Å². The number of amides is 1. The fourth-order valence-corrected chi connectivity index (χ4v) is 5.44. The van der Waals surface area contributed by atoms with Crippen LogP contribution < -0.4 is 5.32 Å². The van der Waals surface area contributed by atoms with Crippen molar-refractivity contribution in [1.29, 1.82) is 0 Å². The third-order valence-electron chi connectivity index (χ3n) is 4.30. The first kappa shape index (κ1) is 15.2. The van der Waals surface area contributed by atoms with E-state index in [-0.39, 0.29) is 18.0 Å². The summed E-state index contributed by atoms with van der Waals surface area (Å²) in [5.74, 6) is -0.172. The second kappa shape index (κ2) is 5.52. The maximum absolute atomic E-state index is 13.0. The third kappa shape index (κ3) is 2.57. The summed E-state index contributed by atoms with van der Waals surface area (Å²) in [6, 6.07) is 5.00. The van der Waals surface area contributed by atoms with Crippen molar-refractivity contribution < 1.29 is 13.2 Å². The molecule has 2 atom stereocenters. The van der Waals surface area contributed by atoms with E-state index in [1.54, 1.807) is 29.4 Å². The molecule has 1 fully saturated rings. The van der Waals surface area contributed by atoms with Gasteiger partial charge in [0.25, 0.3) is 0 Å². The van der Waals surface area contributed by atoms with Crippen molar-refractivity contribution in [1.82, 2.24) is 4.31 Å². The van der Waals surface area contributed by atoms with E-state index in [9.17, 15) is 13.2 Å². The van der Waals surface area contributed by atoms with Crippen molar-refractivity contribution in [2.24, 2.45) is 0 Å². The summed E-state index contributed by atoms with van der Waals surface area (Å²) in [5.41, 5.74) is 1.27. The van der Waals surface area contributed by atoms with E-state index in [0.29, 0.717) is 16.1 Å². The number of aryl methyl sites for hydroxylation is 1. The summed E-state index contributed by atoms with van der Waals surface area (Å²) >= 11 is 0. The van der Waals surface area contributed by atoms with E-state index >= 15 is 0 Å². The predicted molar refractivity (Wildman–Crippen MR) is 85.1 cm³/mol. The van der Waals surface area contributed by atoms with Crippen LogP contribution in [0.1, 0.15) is 31.7 Å². The molecule has 0 aliphatic carbocycles. The van der Waals surface area contributed by atoms with Crippen molar-refractivity contribution in [3.05, 3.63) is 35.9 Å². The molecule has 0 saturated carbocycles. The molecule has 118 valence electrons. The molecular formula is C16H20N2O3S. The number of hydrogen-bond acceptors (Lipinski definition) is 3. The van der Waals surface area contributed by atoms with Crippen molar-refractivity contribution in [2.75, 3.05) is 5.32 Å². The zero-order valence-electron chi connectivity index (χ0n) is 12.7. The molecule has 0 aromatic heterocycles. The van der Waals surface area contributed by atoms with E-state index in [0.717, 1.165) is 19.3 Å². The monoisotopic (exact) mass is 320 g/mol. The van der Waals surface area contributed by atoms with E-state index in [2.05, 4.69) is 11.4 Å². The standard InChI is InChI=1S/C16H20N2O3S/c1-11-10-13(17-12(2)19)6-9-16(11)22(20,21)18-14-4-3-5-15(18)8-7-14/h3-4,6,9-10,14-15H,5,7-8H2,1-2H3,(H,17,19). The van der Waals surface area contributed by atoms with Crippen LogP contribution in [0.4, 0.5) is 5.69 Å². The molecule has 1 saturated heterocycles. The van der Waals surface area contributed by atoms with Gasteiger partial charge in [-0.2, -0.15) is 4.31 Å². The predicted octanol–water partition coefficient (Wildman–Crippen LogP) is 2.44. The van der Waals surface area contributed by atoms with Gasteiger partial charge in [-0.05, 0) is 49.9 Å². The zero-order chi connectivity index (χ0) is 15.9. The molecule has 1 aromatic carbocycles. The number of fused-ring (bicyclic) bond motifs is 2. The first-order valence-electron chi connectivity index (χ1n) is 7.48. The number of carbonyl (C=O) groups excluding carboxylic acids is 1. The Balaban J connectivity index is 1.96. The molecule has 1 N–H and O–H groups in total. The zero-order valence-corrected chi connectivity index (χ0v) is 13.6. The van der Waals surface area contributed by atoms with Crippen LogP contribution in [0.25, 0.3) is 0 Å². The number of anilines is 1. The van der Waals surface area contributed by atoms with Gasteiger partial charge in [-0.15, -0.1) is 0 Å². The van der Waals surface area contributed by atoms with Gasteiger partial charge in [0.2, 0.25) is 15.9 Å². The van der Waals surface area contributed by atoms with Gasteiger partial charge in [0, 0.05) is 24.7 Å². The van der Waals surface area contributed by atoms with Crippen LogP contribution in [0.5, 0.6) is 0 Å².